The number of ether oxygens (including phenoxy) is 1. The minimum Gasteiger partial charge on any atom is -0.508 e. The first-order valence-electron chi connectivity index (χ1n) is 15.8. The maximum absolute atomic E-state index is 12.6. The molecule has 0 spiro atoms. The van der Waals surface area contributed by atoms with Crippen LogP contribution in [0.1, 0.15) is 43.4 Å². The normalized spacial score (nSPS) is 21.2. The fourth-order valence-corrected chi connectivity index (χ4v) is 7.28. The van der Waals surface area contributed by atoms with E-state index in [1.54, 1.807) is 11.0 Å². The van der Waals surface area contributed by atoms with Gasteiger partial charge in [0.25, 0.3) is 0 Å². The molecule has 10 nitrogen and oxygen atoms in total. The van der Waals surface area contributed by atoms with Gasteiger partial charge in [-0.2, -0.15) is 15.2 Å². The molecule has 44 heavy (non-hydrogen) atoms. The number of hydrogen-bond acceptors (Lipinski definition) is 9. The number of phenolic OH excluding ortho intramolecular Hbond substituents is 1. The summed E-state index contributed by atoms with van der Waals surface area (Å²) >= 11 is 0. The predicted octanol–water partition coefficient (Wildman–Crippen LogP) is 4.02. The van der Waals surface area contributed by atoms with Crippen molar-refractivity contribution >= 4 is 28.2 Å². The van der Waals surface area contributed by atoms with E-state index in [-0.39, 0.29) is 29.7 Å². The summed E-state index contributed by atoms with van der Waals surface area (Å²) in [6, 6.07) is 14.1. The molecule has 1 aromatic heterocycles. The van der Waals surface area contributed by atoms with Gasteiger partial charge in [-0.05, 0) is 62.7 Å². The number of carbonyl (C=O) groups excluding carboxylic acids is 1. The number of phenols is 1. The molecule has 3 aromatic rings. The summed E-state index contributed by atoms with van der Waals surface area (Å²) in [7, 11) is 0. The highest BCUT2D eigenvalue weighted by atomic mass is 16.5. The summed E-state index contributed by atoms with van der Waals surface area (Å²) < 4.78 is 6.45. The molecule has 1 aliphatic carbocycles. The fourth-order valence-electron chi connectivity index (χ4n) is 7.28. The van der Waals surface area contributed by atoms with Gasteiger partial charge in [-0.25, -0.2) is 0 Å². The van der Waals surface area contributed by atoms with Gasteiger partial charge in [-0.3, -0.25) is 9.69 Å². The fraction of sp³-hybridized carbons (Fsp3) is 0.471. The summed E-state index contributed by atoms with van der Waals surface area (Å²) in [6.07, 6.45) is 7.05. The Labute approximate surface area is 258 Å². The lowest BCUT2D eigenvalue weighted by molar-refractivity contribution is -0.128. The topological polar surface area (TPSA) is 109 Å². The maximum Gasteiger partial charge on any atom is 0.318 e. The van der Waals surface area contributed by atoms with E-state index in [9.17, 15) is 15.2 Å². The van der Waals surface area contributed by atoms with Crippen molar-refractivity contribution in [2.45, 2.75) is 56.7 Å². The molecule has 0 bridgehead atoms. The van der Waals surface area contributed by atoms with Crippen molar-refractivity contribution in [3.8, 4) is 17.8 Å². The summed E-state index contributed by atoms with van der Waals surface area (Å²) in [5.74, 6) is 0.929. The minimum atomic E-state index is -0.252. The number of hydrogen-bond donors (Lipinski definition) is 1. The first-order valence-corrected chi connectivity index (χ1v) is 15.8. The van der Waals surface area contributed by atoms with Crippen LogP contribution in [0.5, 0.6) is 11.8 Å². The molecule has 1 atom stereocenters. The molecule has 1 amide bonds. The molecule has 3 fully saturated rings. The summed E-state index contributed by atoms with van der Waals surface area (Å²) in [4.78, 5) is 31.4. The minimum absolute atomic E-state index is 0.0943. The van der Waals surface area contributed by atoms with Crippen LogP contribution in [0.2, 0.25) is 0 Å². The number of piperazine rings is 1. The highest BCUT2D eigenvalue weighted by Crippen LogP contribution is 2.44. The number of nitrogens with zero attached hydrogens (tertiary/aromatic N) is 7. The number of benzene rings is 2. The molecule has 3 aliphatic heterocycles. The Morgan fingerprint density at radius 3 is 2.70 bits per heavy atom. The third kappa shape index (κ3) is 5.30. The highest BCUT2D eigenvalue weighted by molar-refractivity contribution is 5.95. The molecule has 4 aliphatic rings. The molecule has 10 heteroatoms. The van der Waals surface area contributed by atoms with Gasteiger partial charge in [0.05, 0.1) is 36.3 Å². The molecular weight excluding hydrogens is 554 g/mol. The van der Waals surface area contributed by atoms with Gasteiger partial charge in [0.2, 0.25) is 5.91 Å². The van der Waals surface area contributed by atoms with E-state index in [1.807, 2.05) is 24.3 Å². The van der Waals surface area contributed by atoms with E-state index in [0.717, 1.165) is 72.4 Å². The number of aromatic hydroxyl groups is 1. The number of fused-ring (bicyclic) bond motifs is 2. The average molecular weight is 594 g/mol. The second-order valence-electron chi connectivity index (χ2n) is 12.5. The molecule has 7 rings (SSSR count). The number of anilines is 2. The zero-order valence-corrected chi connectivity index (χ0v) is 25.1. The van der Waals surface area contributed by atoms with E-state index < -0.39 is 0 Å². The molecule has 2 aromatic carbocycles. The number of likely N-dealkylation sites (tertiary alicyclic amines) is 1. The predicted molar refractivity (Wildman–Crippen MR) is 169 cm³/mol. The van der Waals surface area contributed by atoms with Crippen LogP contribution in [0.15, 0.2) is 49.1 Å². The number of aromatic nitrogens is 2. The lowest BCUT2D eigenvalue weighted by atomic mass is 10.0. The van der Waals surface area contributed by atoms with Crippen molar-refractivity contribution in [1.82, 2.24) is 19.8 Å². The standard InChI is InChI=1S/C34H39N7O3/c1-2-31(43)41-18-17-39(21-25(41)9-13-35)32-28-10-16-38(30-20-26(42)19-24-7-3-4-8-27(24)30)22-29(28)36-33(37-32)44-23-34(11-12-34)40-14-5-6-15-40/h2-4,7-8,19-20,25,42H,1,5-6,9-12,14-18,21-23H2/t25-/m0/s1. The molecule has 1 saturated carbocycles. The van der Waals surface area contributed by atoms with Gasteiger partial charge in [0.1, 0.15) is 18.2 Å². The number of rotatable bonds is 8. The monoisotopic (exact) mass is 593 g/mol. The van der Waals surface area contributed by atoms with Gasteiger partial charge in [0, 0.05) is 48.9 Å². The average Bonchev–Trinajstić information content (AvgIpc) is 3.63. The van der Waals surface area contributed by atoms with E-state index in [4.69, 9.17) is 14.7 Å². The molecule has 0 radical (unpaired) electrons. The van der Waals surface area contributed by atoms with Crippen LogP contribution in [0.4, 0.5) is 11.5 Å². The quantitative estimate of drug-likeness (QED) is 0.388. The SMILES string of the molecule is C=CC(=O)N1CCN(c2nc(OCC3(N4CCCC4)CC3)nc3c2CCN(c2cc(O)cc4ccccc24)C3)C[C@@H]1CC#N. The third-order valence-corrected chi connectivity index (χ3v) is 9.83. The highest BCUT2D eigenvalue weighted by Gasteiger charge is 2.49. The molecular formula is C34H39N7O3. The van der Waals surface area contributed by atoms with Crippen molar-refractivity contribution < 1.29 is 14.6 Å². The Morgan fingerprint density at radius 2 is 1.93 bits per heavy atom. The van der Waals surface area contributed by atoms with Crippen LogP contribution in [0.3, 0.4) is 0 Å². The summed E-state index contributed by atoms with van der Waals surface area (Å²) in [6.45, 7) is 9.38. The first kappa shape index (κ1) is 28.4. The van der Waals surface area contributed by atoms with Crippen LogP contribution >= 0.6 is 0 Å². The van der Waals surface area contributed by atoms with E-state index in [2.05, 4.69) is 33.4 Å². The first-order chi connectivity index (χ1) is 21.5. The smallest absolute Gasteiger partial charge is 0.318 e. The Morgan fingerprint density at radius 1 is 1.11 bits per heavy atom. The number of amides is 1. The molecule has 1 N–H and O–H groups in total. The van der Waals surface area contributed by atoms with E-state index >= 15 is 0 Å². The van der Waals surface area contributed by atoms with Crippen LogP contribution in [0.25, 0.3) is 10.8 Å². The van der Waals surface area contributed by atoms with Gasteiger partial charge < -0.3 is 24.5 Å². The summed E-state index contributed by atoms with van der Waals surface area (Å²) in [5, 5.41) is 22.2. The van der Waals surface area contributed by atoms with Crippen LogP contribution in [0, 0.1) is 11.3 Å². The Bertz CT molecular complexity index is 1630. The van der Waals surface area contributed by atoms with Gasteiger partial charge in [0.15, 0.2) is 0 Å². The molecule has 0 unspecified atom stereocenters. The second-order valence-corrected chi connectivity index (χ2v) is 12.5. The Balaban J connectivity index is 1.22. The number of carbonyl (C=O) groups is 1. The van der Waals surface area contributed by atoms with Gasteiger partial charge in [-0.1, -0.05) is 30.8 Å². The Kier molecular flexibility index (Phi) is 7.50. The second kappa shape index (κ2) is 11.6. The van der Waals surface area contributed by atoms with Gasteiger partial charge >= 0.3 is 6.01 Å². The van der Waals surface area contributed by atoms with Gasteiger partial charge in [-0.15, -0.1) is 0 Å². The van der Waals surface area contributed by atoms with Crippen LogP contribution in [-0.4, -0.2) is 88.2 Å². The zero-order chi connectivity index (χ0) is 30.3. The van der Waals surface area contributed by atoms with Crippen LogP contribution in [-0.2, 0) is 17.8 Å². The summed E-state index contributed by atoms with van der Waals surface area (Å²) in [5.41, 5.74) is 3.07. The van der Waals surface area contributed by atoms with Crippen molar-refractivity contribution in [2.75, 3.05) is 55.7 Å². The van der Waals surface area contributed by atoms with Crippen molar-refractivity contribution in [1.29, 1.82) is 5.26 Å². The molecule has 2 saturated heterocycles. The lowest BCUT2D eigenvalue weighted by Gasteiger charge is -2.42. The van der Waals surface area contributed by atoms with Crippen LogP contribution < -0.4 is 14.5 Å². The Hall–Kier alpha value is -4.36. The van der Waals surface area contributed by atoms with Crippen molar-refractivity contribution in [2.24, 2.45) is 0 Å². The maximum atomic E-state index is 12.6. The molecule has 4 heterocycles. The van der Waals surface area contributed by atoms with E-state index in [0.29, 0.717) is 38.8 Å². The van der Waals surface area contributed by atoms with Crippen molar-refractivity contribution in [3.05, 3.63) is 60.3 Å². The lowest BCUT2D eigenvalue weighted by Crippen LogP contribution is -2.55. The molecule has 228 valence electrons. The third-order valence-electron chi connectivity index (χ3n) is 9.83. The van der Waals surface area contributed by atoms with E-state index in [1.165, 1.54) is 18.9 Å². The van der Waals surface area contributed by atoms with Crippen molar-refractivity contribution in [3.63, 3.8) is 0 Å². The zero-order valence-electron chi connectivity index (χ0n) is 25.1. The number of nitriles is 1. The largest absolute Gasteiger partial charge is 0.508 e.